The summed E-state index contributed by atoms with van der Waals surface area (Å²) in [7, 11) is 0. The summed E-state index contributed by atoms with van der Waals surface area (Å²) in [5, 5.41) is 9.67. The highest BCUT2D eigenvalue weighted by Crippen LogP contribution is 2.16. The molecule has 5 nitrogen and oxygen atoms in total. The highest BCUT2D eigenvalue weighted by atomic mass is 16.6. The number of hydrogen-bond acceptors (Lipinski definition) is 5. The van der Waals surface area contributed by atoms with Gasteiger partial charge in [0, 0.05) is 12.8 Å². The van der Waals surface area contributed by atoms with Crippen LogP contribution < -0.4 is 0 Å². The van der Waals surface area contributed by atoms with E-state index in [4.69, 9.17) is 9.47 Å². The van der Waals surface area contributed by atoms with Gasteiger partial charge in [-0.3, -0.25) is 9.59 Å². The number of aliphatic hydroxyl groups is 1. The summed E-state index contributed by atoms with van der Waals surface area (Å²) < 4.78 is 10.7. The number of carbonyl (C=O) groups is 2. The third-order valence-electron chi connectivity index (χ3n) is 13.6. The molecule has 0 radical (unpaired) electrons. The maximum Gasteiger partial charge on any atom is 0.306 e. The second-order valence-corrected chi connectivity index (χ2v) is 20.8. The molecule has 5 heteroatoms. The van der Waals surface area contributed by atoms with Gasteiger partial charge in [0.15, 0.2) is 6.10 Å². The van der Waals surface area contributed by atoms with E-state index in [1.807, 2.05) is 0 Å². The zero-order valence-electron chi connectivity index (χ0n) is 48.6. The number of hydrogen-bond donors (Lipinski definition) is 1. The lowest BCUT2D eigenvalue weighted by atomic mass is 10.0. The summed E-state index contributed by atoms with van der Waals surface area (Å²) in [5.41, 5.74) is 0. The van der Waals surface area contributed by atoms with Crippen LogP contribution in [0.2, 0.25) is 0 Å². The second kappa shape index (κ2) is 63.8. The molecule has 0 aromatic heterocycles. The molecule has 0 aliphatic heterocycles. The number of carbonyl (C=O) groups excluding carboxylic acids is 2. The van der Waals surface area contributed by atoms with Gasteiger partial charge in [0.25, 0.3) is 0 Å². The molecule has 0 bridgehead atoms. The van der Waals surface area contributed by atoms with Gasteiger partial charge < -0.3 is 14.6 Å². The Morgan fingerprint density at radius 2 is 0.581 bits per heavy atom. The third-order valence-corrected chi connectivity index (χ3v) is 13.6. The minimum absolute atomic E-state index is 0.0687. The fraction of sp³-hybridized carbons (Fsp3) is 0.710. The minimum atomic E-state index is -0.778. The zero-order valence-corrected chi connectivity index (χ0v) is 48.6. The van der Waals surface area contributed by atoms with Gasteiger partial charge in [-0.1, -0.05) is 290 Å². The lowest BCUT2D eigenvalue weighted by Crippen LogP contribution is -2.28. The molecule has 0 heterocycles. The number of aliphatic hydroxyl groups excluding tert-OH is 1. The predicted octanol–water partition coefficient (Wildman–Crippen LogP) is 21.6. The van der Waals surface area contributed by atoms with Crippen molar-refractivity contribution in [2.24, 2.45) is 0 Å². The molecule has 0 saturated heterocycles. The molecule has 1 unspecified atom stereocenters. The van der Waals surface area contributed by atoms with E-state index >= 15 is 0 Å². The van der Waals surface area contributed by atoms with E-state index in [-0.39, 0.29) is 25.2 Å². The average molecular weight is 1030 g/mol. The number of esters is 2. The van der Waals surface area contributed by atoms with Crippen LogP contribution in [0.5, 0.6) is 0 Å². The van der Waals surface area contributed by atoms with Crippen LogP contribution in [0.25, 0.3) is 0 Å². The van der Waals surface area contributed by atoms with Crippen molar-refractivity contribution in [3.05, 3.63) is 109 Å². The molecule has 74 heavy (non-hydrogen) atoms. The molecule has 0 aromatic rings. The zero-order chi connectivity index (χ0) is 53.4. The van der Waals surface area contributed by atoms with Crippen LogP contribution in [0.4, 0.5) is 0 Å². The van der Waals surface area contributed by atoms with E-state index in [2.05, 4.69) is 123 Å². The van der Waals surface area contributed by atoms with E-state index in [9.17, 15) is 14.7 Å². The van der Waals surface area contributed by atoms with Crippen molar-refractivity contribution in [2.75, 3.05) is 13.2 Å². The van der Waals surface area contributed by atoms with Gasteiger partial charge in [0.05, 0.1) is 6.61 Å². The van der Waals surface area contributed by atoms with Crippen LogP contribution >= 0.6 is 0 Å². The second-order valence-electron chi connectivity index (χ2n) is 20.8. The highest BCUT2D eigenvalue weighted by Gasteiger charge is 2.16. The van der Waals surface area contributed by atoms with Crippen molar-refractivity contribution in [3.63, 3.8) is 0 Å². The maximum atomic E-state index is 12.3. The first-order valence-corrected chi connectivity index (χ1v) is 31.4. The smallest absolute Gasteiger partial charge is 0.306 e. The Morgan fingerprint density at radius 1 is 0.324 bits per heavy atom. The van der Waals surface area contributed by atoms with E-state index in [0.29, 0.717) is 12.8 Å². The van der Waals surface area contributed by atoms with Gasteiger partial charge in [-0.2, -0.15) is 0 Å². The van der Waals surface area contributed by atoms with Crippen molar-refractivity contribution in [1.29, 1.82) is 0 Å². The number of allylic oxidation sites excluding steroid dienone is 18. The van der Waals surface area contributed by atoms with Crippen molar-refractivity contribution in [2.45, 2.75) is 302 Å². The molecule has 0 aliphatic rings. The summed E-state index contributed by atoms with van der Waals surface area (Å²) in [4.78, 5) is 24.6. The molecule has 0 aromatic carbocycles. The number of unbranched alkanes of at least 4 members (excludes halogenated alkanes) is 31. The molecule has 0 spiro atoms. The van der Waals surface area contributed by atoms with Crippen LogP contribution in [0, 0.1) is 0 Å². The third kappa shape index (κ3) is 61.1. The summed E-state index contributed by atoms with van der Waals surface area (Å²) in [5.74, 6) is -0.588. The average Bonchev–Trinajstić information content (AvgIpc) is 3.40. The number of ether oxygens (including phenoxy) is 2. The van der Waals surface area contributed by atoms with Crippen molar-refractivity contribution in [3.8, 4) is 0 Å². The first kappa shape index (κ1) is 70.6. The number of rotatable bonds is 57. The van der Waals surface area contributed by atoms with E-state index in [0.717, 1.165) is 89.9 Å². The topological polar surface area (TPSA) is 72.8 Å². The predicted molar refractivity (Wildman–Crippen MR) is 325 cm³/mol. The van der Waals surface area contributed by atoms with Crippen LogP contribution in [0.15, 0.2) is 109 Å². The molecule has 0 saturated carbocycles. The van der Waals surface area contributed by atoms with Crippen molar-refractivity contribution in [1.82, 2.24) is 0 Å². The molecule has 0 amide bonds. The fourth-order valence-electron chi connectivity index (χ4n) is 8.86. The highest BCUT2D eigenvalue weighted by molar-refractivity contribution is 5.70. The lowest BCUT2D eigenvalue weighted by Gasteiger charge is -2.15. The largest absolute Gasteiger partial charge is 0.462 e. The SMILES string of the molecule is CC/C=C\C/C=C\C/C=C\C/C=C\C/C=C\C/C=C\C/C=C\C/C=C\CCCCCCCCCCCCCCCCC(=O)OC(CO)COC(=O)CCCCCCCCCCC/C=C\CCCCCCCCCC. The lowest BCUT2D eigenvalue weighted by molar-refractivity contribution is -0.161. The summed E-state index contributed by atoms with van der Waals surface area (Å²) >= 11 is 0. The molecule has 0 aliphatic carbocycles. The summed E-state index contributed by atoms with van der Waals surface area (Å²) in [6.07, 6.45) is 92.2. The van der Waals surface area contributed by atoms with Gasteiger partial charge >= 0.3 is 11.9 Å². The molecule has 0 fully saturated rings. The molecular formula is C69H118O5. The summed E-state index contributed by atoms with van der Waals surface area (Å²) in [6, 6.07) is 0. The molecule has 424 valence electrons. The first-order chi connectivity index (χ1) is 36.6. The van der Waals surface area contributed by atoms with E-state index in [1.54, 1.807) is 0 Å². The normalized spacial score (nSPS) is 13.0. The Balaban J connectivity index is 3.51. The first-order valence-electron chi connectivity index (χ1n) is 31.4. The van der Waals surface area contributed by atoms with Gasteiger partial charge in [0.2, 0.25) is 0 Å². The van der Waals surface area contributed by atoms with Crippen LogP contribution in [-0.2, 0) is 19.1 Å². The molecule has 0 rings (SSSR count). The maximum absolute atomic E-state index is 12.3. The Bertz CT molecular complexity index is 1440. The molecule has 1 atom stereocenters. The van der Waals surface area contributed by atoms with Crippen molar-refractivity contribution >= 4 is 11.9 Å². The van der Waals surface area contributed by atoms with Crippen LogP contribution in [-0.4, -0.2) is 36.4 Å². The minimum Gasteiger partial charge on any atom is -0.462 e. The van der Waals surface area contributed by atoms with Crippen molar-refractivity contribution < 1.29 is 24.2 Å². The van der Waals surface area contributed by atoms with Gasteiger partial charge in [-0.05, 0) is 103 Å². The summed E-state index contributed by atoms with van der Waals surface area (Å²) in [6.45, 7) is 4.05. The molecular weight excluding hydrogens is 909 g/mol. The Labute approximate surface area is 459 Å². The Hall–Kier alpha value is -3.44. The van der Waals surface area contributed by atoms with E-state index in [1.165, 1.54) is 180 Å². The Morgan fingerprint density at radius 3 is 0.892 bits per heavy atom. The quantitative estimate of drug-likeness (QED) is 0.0373. The fourth-order valence-corrected chi connectivity index (χ4v) is 8.86. The standard InChI is InChI=1S/C69H118O5/c1-3-5-7-9-11-13-15-17-19-21-23-25-26-27-28-29-30-31-32-33-34-35-36-37-38-39-40-41-42-44-46-48-50-52-54-56-58-60-62-64-69(72)74-67(65-70)66-73-68(71)63-61-59-57-55-53-51-49-47-45-43-24-22-20-18-16-14-12-10-8-6-4-2/h5,7,11,13,17,19,22-25,27-28,30-31,33-34,36-37,67,70H,3-4,6,8-10,12,14-16,18,20-21,26,29,32,35,38-66H2,1-2H3/b7-5-,13-11-,19-17-,24-22-,25-23-,28-27-,31-30-,34-33-,37-36-. The van der Waals surface area contributed by atoms with Gasteiger partial charge in [0.1, 0.15) is 6.61 Å². The molecule has 1 N–H and O–H groups in total. The Kier molecular flexibility index (Phi) is 60.9. The van der Waals surface area contributed by atoms with E-state index < -0.39 is 6.10 Å². The monoisotopic (exact) mass is 1030 g/mol. The van der Waals surface area contributed by atoms with Gasteiger partial charge in [-0.15, -0.1) is 0 Å². The van der Waals surface area contributed by atoms with Gasteiger partial charge in [-0.25, -0.2) is 0 Å². The van der Waals surface area contributed by atoms with Crippen LogP contribution in [0.1, 0.15) is 296 Å². The van der Waals surface area contributed by atoms with Crippen LogP contribution in [0.3, 0.4) is 0 Å².